The first-order valence-corrected chi connectivity index (χ1v) is 16.1. The molecule has 2 unspecified atom stereocenters. The second-order valence-corrected chi connectivity index (χ2v) is 14.1. The molecule has 8 nitrogen and oxygen atoms in total. The molecule has 3 N–H and O–H groups in total. The summed E-state index contributed by atoms with van der Waals surface area (Å²) in [4.78, 5) is 43.9. The molecule has 1 aromatic rings. The van der Waals surface area contributed by atoms with Crippen LogP contribution in [0.25, 0.3) is 0 Å². The predicted molar refractivity (Wildman–Crippen MR) is 157 cm³/mol. The van der Waals surface area contributed by atoms with Crippen LogP contribution in [0.4, 0.5) is 5.69 Å². The summed E-state index contributed by atoms with van der Waals surface area (Å²) in [6, 6.07) is 6.94. The number of likely N-dealkylation sites (tertiary alicyclic amines) is 1. The van der Waals surface area contributed by atoms with Gasteiger partial charge in [0, 0.05) is 29.6 Å². The minimum absolute atomic E-state index is 0.0394. The van der Waals surface area contributed by atoms with E-state index in [-0.39, 0.29) is 30.4 Å². The Labute approximate surface area is 242 Å². The number of anilines is 1. The quantitative estimate of drug-likeness (QED) is 0.319. The van der Waals surface area contributed by atoms with E-state index in [0.717, 1.165) is 70.0 Å². The highest BCUT2D eigenvalue weighted by Gasteiger charge is 2.77. The molecular weight excluding hydrogens is 526 g/mol. The van der Waals surface area contributed by atoms with Crippen molar-refractivity contribution in [3.05, 3.63) is 24.3 Å². The molecule has 4 aliphatic rings. The summed E-state index contributed by atoms with van der Waals surface area (Å²) < 4.78 is 4.55. The number of amides is 3. The van der Waals surface area contributed by atoms with E-state index in [1.165, 1.54) is 6.42 Å². The van der Waals surface area contributed by atoms with Crippen molar-refractivity contribution in [2.45, 2.75) is 106 Å². The molecule has 3 amide bonds. The van der Waals surface area contributed by atoms with Crippen LogP contribution in [0.3, 0.4) is 0 Å². The average molecular weight is 572 g/mol. The lowest BCUT2D eigenvalue weighted by Crippen LogP contribution is -2.55. The third kappa shape index (κ3) is 5.48. The molecule has 3 aliphatic heterocycles. The van der Waals surface area contributed by atoms with Crippen LogP contribution in [-0.4, -0.2) is 69.1 Å². The van der Waals surface area contributed by atoms with E-state index < -0.39 is 27.4 Å². The normalized spacial score (nSPS) is 31.3. The average Bonchev–Trinajstić information content (AvgIpc) is 3.51. The first kappa shape index (κ1) is 29.2. The zero-order valence-electron chi connectivity index (χ0n) is 24.0. The van der Waals surface area contributed by atoms with E-state index >= 15 is 0 Å². The van der Waals surface area contributed by atoms with Gasteiger partial charge in [0.25, 0.3) is 0 Å². The molecule has 4 fully saturated rings. The molecule has 3 saturated heterocycles. The number of hydrogen-bond donors (Lipinski definition) is 3. The molecule has 1 aliphatic carbocycles. The van der Waals surface area contributed by atoms with Gasteiger partial charge in [-0.3, -0.25) is 14.4 Å². The van der Waals surface area contributed by atoms with E-state index in [4.69, 9.17) is 9.84 Å². The molecule has 1 aromatic carbocycles. The molecular formula is C31H45N3O5S. The summed E-state index contributed by atoms with van der Waals surface area (Å²) in [5.41, 5.74) is 0.677. The van der Waals surface area contributed by atoms with Crippen molar-refractivity contribution in [3.63, 3.8) is 0 Å². The van der Waals surface area contributed by atoms with Gasteiger partial charge in [0.1, 0.15) is 11.8 Å². The van der Waals surface area contributed by atoms with Gasteiger partial charge in [0.15, 0.2) is 0 Å². The van der Waals surface area contributed by atoms with Gasteiger partial charge in [-0.25, -0.2) is 0 Å². The number of unbranched alkanes of at least 4 members (excludes halogenated alkanes) is 3. The molecule has 1 saturated carbocycles. The van der Waals surface area contributed by atoms with Crippen LogP contribution in [0.15, 0.2) is 24.3 Å². The second kappa shape index (κ2) is 12.3. The van der Waals surface area contributed by atoms with E-state index in [2.05, 4.69) is 17.6 Å². The monoisotopic (exact) mass is 571 g/mol. The smallest absolute Gasteiger partial charge is 0.244 e. The summed E-state index contributed by atoms with van der Waals surface area (Å²) in [5.74, 6) is -0.506. The Morgan fingerprint density at radius 1 is 1.05 bits per heavy atom. The fourth-order valence-corrected chi connectivity index (χ4v) is 10.0. The maximum absolute atomic E-state index is 14.2. The first-order chi connectivity index (χ1) is 19.3. The van der Waals surface area contributed by atoms with Gasteiger partial charge in [-0.15, -0.1) is 11.8 Å². The van der Waals surface area contributed by atoms with Crippen molar-refractivity contribution in [1.82, 2.24) is 10.2 Å². The Balaban J connectivity index is 1.39. The maximum atomic E-state index is 14.2. The third-order valence-electron chi connectivity index (χ3n) is 9.50. The zero-order valence-corrected chi connectivity index (χ0v) is 24.8. The molecule has 220 valence electrons. The van der Waals surface area contributed by atoms with Gasteiger partial charge >= 0.3 is 0 Å². The topological polar surface area (TPSA) is 108 Å². The number of thioether (sulfide) groups is 1. The van der Waals surface area contributed by atoms with Gasteiger partial charge in [0.2, 0.25) is 17.7 Å². The molecule has 0 aromatic heterocycles. The third-order valence-corrected chi connectivity index (χ3v) is 11.5. The van der Waals surface area contributed by atoms with Gasteiger partial charge in [0.05, 0.1) is 23.2 Å². The lowest BCUT2D eigenvalue weighted by atomic mass is 9.66. The number of carbonyl (C=O) groups is 3. The molecule has 1 spiro atoms. The lowest BCUT2D eigenvalue weighted by Gasteiger charge is -2.36. The summed E-state index contributed by atoms with van der Waals surface area (Å²) in [6.45, 7) is 5.29. The first-order valence-electron chi connectivity index (χ1n) is 15.3. The van der Waals surface area contributed by atoms with Crippen LogP contribution in [-0.2, 0) is 14.4 Å². The summed E-state index contributed by atoms with van der Waals surface area (Å²) >= 11 is 1.72. The van der Waals surface area contributed by atoms with Gasteiger partial charge in [-0.2, -0.15) is 0 Å². The molecule has 0 radical (unpaired) electrons. The van der Waals surface area contributed by atoms with Crippen molar-refractivity contribution >= 4 is 35.2 Å². The van der Waals surface area contributed by atoms with Crippen LogP contribution in [0.5, 0.6) is 5.75 Å². The Morgan fingerprint density at radius 2 is 1.77 bits per heavy atom. The van der Waals surface area contributed by atoms with Crippen LogP contribution >= 0.6 is 11.8 Å². The van der Waals surface area contributed by atoms with Crippen molar-refractivity contribution in [1.29, 1.82) is 0 Å². The van der Waals surface area contributed by atoms with Gasteiger partial charge < -0.3 is 25.4 Å². The van der Waals surface area contributed by atoms with Gasteiger partial charge in [-0.1, -0.05) is 32.1 Å². The number of carbonyl (C=O) groups excluding carboxylic acids is 3. The fraction of sp³-hybridized carbons (Fsp3) is 0.710. The Kier molecular flexibility index (Phi) is 9.00. The maximum Gasteiger partial charge on any atom is 0.244 e. The van der Waals surface area contributed by atoms with Crippen LogP contribution in [0.2, 0.25) is 0 Å². The highest BCUT2D eigenvalue weighted by molar-refractivity contribution is 8.02. The Hall–Kier alpha value is -2.26. The molecule has 3 heterocycles. The molecule has 40 heavy (non-hydrogen) atoms. The number of fused-ring (bicyclic) bond motifs is 1. The number of aliphatic hydroxyl groups is 1. The number of rotatable bonds is 12. The molecule has 5 atom stereocenters. The van der Waals surface area contributed by atoms with E-state index in [9.17, 15) is 14.4 Å². The summed E-state index contributed by atoms with van der Waals surface area (Å²) in [6.07, 6.45) is 10.3. The SMILES string of the molecule is CCOc1ccc(NC(=O)[C@H]2[C@H]3C(=O)N(CCCCCCO)C(C(=O)NC4CCCCC4)C34CC[C@]2(C)S4)cc1. The van der Waals surface area contributed by atoms with Crippen molar-refractivity contribution in [3.8, 4) is 5.75 Å². The highest BCUT2D eigenvalue weighted by Crippen LogP contribution is 2.71. The zero-order chi connectivity index (χ0) is 28.3. The Morgan fingerprint density at radius 3 is 2.48 bits per heavy atom. The standard InChI is InChI=1S/C31H45N3O5S/c1-3-39-23-15-13-22(14-16-23)32-27(36)24-25-29(38)34(19-9-4-5-10-20-35)26(31(25)18-17-30(24,2)40-31)28(37)33-21-11-7-6-8-12-21/h13-16,21,24-26,35H,3-12,17-20H2,1-2H3,(H,32,36)(H,33,37)/t24-,25+,26?,30+,31?/m1/s1. The molecule has 5 rings (SSSR count). The number of aliphatic hydroxyl groups excluding tert-OH is 1. The van der Waals surface area contributed by atoms with E-state index in [0.29, 0.717) is 18.8 Å². The van der Waals surface area contributed by atoms with Crippen molar-refractivity contribution < 1.29 is 24.2 Å². The summed E-state index contributed by atoms with van der Waals surface area (Å²) in [7, 11) is 0. The van der Waals surface area contributed by atoms with Gasteiger partial charge in [-0.05, 0) is 76.6 Å². The number of ether oxygens (including phenoxy) is 1. The minimum atomic E-state index is -0.587. The summed E-state index contributed by atoms with van der Waals surface area (Å²) in [5, 5.41) is 15.6. The number of benzene rings is 1. The van der Waals surface area contributed by atoms with E-state index in [1.54, 1.807) is 11.8 Å². The molecule has 2 bridgehead atoms. The van der Waals surface area contributed by atoms with Crippen LogP contribution in [0.1, 0.15) is 84.5 Å². The lowest BCUT2D eigenvalue weighted by molar-refractivity contribution is -0.139. The van der Waals surface area contributed by atoms with Crippen LogP contribution < -0.4 is 15.4 Å². The molecule has 9 heteroatoms. The second-order valence-electron chi connectivity index (χ2n) is 12.2. The minimum Gasteiger partial charge on any atom is -0.494 e. The number of nitrogens with zero attached hydrogens (tertiary/aromatic N) is 1. The van der Waals surface area contributed by atoms with Crippen LogP contribution in [0, 0.1) is 11.8 Å². The van der Waals surface area contributed by atoms with Crippen molar-refractivity contribution in [2.75, 3.05) is 25.1 Å². The van der Waals surface area contributed by atoms with E-state index in [1.807, 2.05) is 36.1 Å². The fourth-order valence-electron chi connectivity index (χ4n) is 7.66. The highest BCUT2D eigenvalue weighted by atomic mass is 32.2. The van der Waals surface area contributed by atoms with Crippen molar-refractivity contribution in [2.24, 2.45) is 11.8 Å². The Bertz CT molecular complexity index is 1080. The number of hydrogen-bond acceptors (Lipinski definition) is 6. The number of nitrogens with one attached hydrogen (secondary N) is 2. The largest absolute Gasteiger partial charge is 0.494 e. The predicted octanol–water partition coefficient (Wildman–Crippen LogP) is 4.51.